The first kappa shape index (κ1) is 13.7. The zero-order chi connectivity index (χ0) is 13.1. The molecule has 0 unspecified atom stereocenters. The topological polar surface area (TPSA) is 12.0 Å². The molecule has 0 spiro atoms. The van der Waals surface area contributed by atoms with Gasteiger partial charge in [0, 0.05) is 33.6 Å². The summed E-state index contributed by atoms with van der Waals surface area (Å²) in [7, 11) is 0. The van der Waals surface area contributed by atoms with Gasteiger partial charge in [-0.25, -0.2) is 4.39 Å². The molecule has 0 amide bonds. The maximum absolute atomic E-state index is 13.9. The molecule has 4 heteroatoms. The van der Waals surface area contributed by atoms with Crippen molar-refractivity contribution in [2.45, 2.75) is 26.4 Å². The van der Waals surface area contributed by atoms with Gasteiger partial charge >= 0.3 is 0 Å². The van der Waals surface area contributed by atoms with E-state index < -0.39 is 0 Å². The summed E-state index contributed by atoms with van der Waals surface area (Å²) in [6.45, 7) is 4.95. The van der Waals surface area contributed by atoms with Crippen LogP contribution in [0, 0.1) is 5.82 Å². The molecule has 0 radical (unpaired) electrons. The summed E-state index contributed by atoms with van der Waals surface area (Å²) in [6.07, 6.45) is 0. The Morgan fingerprint density at radius 2 is 2.06 bits per heavy atom. The van der Waals surface area contributed by atoms with Crippen LogP contribution in [-0.4, -0.2) is 6.04 Å². The highest BCUT2D eigenvalue weighted by atomic mass is 79.9. The molecule has 2 rings (SSSR count). The number of thiophene rings is 1. The van der Waals surface area contributed by atoms with Gasteiger partial charge in [0.25, 0.3) is 0 Å². The van der Waals surface area contributed by atoms with Crippen LogP contribution in [0.3, 0.4) is 0 Å². The molecule has 0 fully saturated rings. The average molecular weight is 328 g/mol. The number of nitrogens with one attached hydrogen (secondary N) is 1. The van der Waals surface area contributed by atoms with Crippen molar-refractivity contribution in [2.24, 2.45) is 0 Å². The third kappa shape index (κ3) is 3.19. The zero-order valence-electron chi connectivity index (χ0n) is 10.3. The van der Waals surface area contributed by atoms with Crippen LogP contribution in [0.25, 0.3) is 11.1 Å². The van der Waals surface area contributed by atoms with Crippen LogP contribution in [0.1, 0.15) is 19.4 Å². The lowest BCUT2D eigenvalue weighted by atomic mass is 10.0. The van der Waals surface area contributed by atoms with Gasteiger partial charge in [-0.1, -0.05) is 19.9 Å². The monoisotopic (exact) mass is 327 g/mol. The maximum atomic E-state index is 13.9. The number of rotatable bonds is 4. The van der Waals surface area contributed by atoms with Crippen molar-refractivity contribution < 1.29 is 4.39 Å². The molecule has 0 aliphatic carbocycles. The fraction of sp³-hybridized carbons (Fsp3) is 0.286. The standard InChI is InChI=1S/C14H15BrFNS/c1-9(2)17-6-10-3-4-14(16)11(5-10)12-7-18-8-13(12)15/h3-5,7-9,17H,6H2,1-2H3. The molecule has 0 aliphatic heterocycles. The van der Waals surface area contributed by atoms with Gasteiger partial charge in [0.1, 0.15) is 5.82 Å². The summed E-state index contributed by atoms with van der Waals surface area (Å²) < 4.78 is 14.8. The van der Waals surface area contributed by atoms with E-state index in [1.54, 1.807) is 11.3 Å². The first-order valence-electron chi connectivity index (χ1n) is 5.82. The van der Waals surface area contributed by atoms with Crippen LogP contribution in [-0.2, 0) is 6.54 Å². The Kier molecular flexibility index (Phi) is 4.54. The Labute approximate surface area is 119 Å². The third-order valence-corrected chi connectivity index (χ3v) is 4.35. The van der Waals surface area contributed by atoms with Crippen molar-refractivity contribution in [1.82, 2.24) is 5.32 Å². The van der Waals surface area contributed by atoms with Crippen molar-refractivity contribution in [3.63, 3.8) is 0 Å². The average Bonchev–Trinajstić information content (AvgIpc) is 2.74. The molecule has 1 heterocycles. The molecule has 1 aromatic carbocycles. The van der Waals surface area contributed by atoms with Crippen LogP contribution >= 0.6 is 27.3 Å². The van der Waals surface area contributed by atoms with Crippen molar-refractivity contribution in [3.8, 4) is 11.1 Å². The number of hydrogen-bond donors (Lipinski definition) is 1. The van der Waals surface area contributed by atoms with Crippen molar-refractivity contribution in [1.29, 1.82) is 0 Å². The minimum absolute atomic E-state index is 0.178. The van der Waals surface area contributed by atoms with E-state index in [1.807, 2.05) is 22.9 Å². The Bertz CT molecular complexity index is 536. The molecular weight excluding hydrogens is 313 g/mol. The van der Waals surface area contributed by atoms with Gasteiger partial charge in [0.05, 0.1) is 0 Å². The van der Waals surface area contributed by atoms with Gasteiger partial charge in [-0.15, -0.1) is 0 Å². The van der Waals surface area contributed by atoms with Crippen molar-refractivity contribution in [3.05, 3.63) is 44.8 Å². The first-order chi connectivity index (χ1) is 8.58. The molecular formula is C14H15BrFNS. The molecule has 0 saturated carbocycles. The molecule has 1 aromatic heterocycles. The smallest absolute Gasteiger partial charge is 0.131 e. The van der Waals surface area contributed by atoms with Crippen LogP contribution in [0.15, 0.2) is 33.4 Å². The highest BCUT2D eigenvalue weighted by Gasteiger charge is 2.10. The summed E-state index contributed by atoms with van der Waals surface area (Å²) >= 11 is 5.02. The molecule has 0 saturated heterocycles. The number of benzene rings is 1. The Hall–Kier alpha value is -0.710. The van der Waals surface area contributed by atoms with E-state index in [0.717, 1.165) is 22.1 Å². The molecule has 0 aliphatic rings. The SMILES string of the molecule is CC(C)NCc1ccc(F)c(-c2cscc2Br)c1. The van der Waals surface area contributed by atoms with Crippen LogP contribution in [0.2, 0.25) is 0 Å². The largest absolute Gasteiger partial charge is 0.310 e. The lowest BCUT2D eigenvalue weighted by Gasteiger charge is -2.10. The predicted molar refractivity (Wildman–Crippen MR) is 79.4 cm³/mol. The molecule has 96 valence electrons. The third-order valence-electron chi connectivity index (χ3n) is 2.65. The van der Waals surface area contributed by atoms with Crippen LogP contribution < -0.4 is 5.32 Å². The molecule has 18 heavy (non-hydrogen) atoms. The van der Waals surface area contributed by atoms with Crippen molar-refractivity contribution in [2.75, 3.05) is 0 Å². The molecule has 1 nitrogen and oxygen atoms in total. The quantitative estimate of drug-likeness (QED) is 0.849. The predicted octanol–water partition coefficient (Wildman–Crippen LogP) is 4.81. The highest BCUT2D eigenvalue weighted by molar-refractivity contribution is 9.10. The van der Waals surface area contributed by atoms with E-state index in [-0.39, 0.29) is 5.82 Å². The first-order valence-corrected chi connectivity index (χ1v) is 7.55. The Morgan fingerprint density at radius 3 is 2.67 bits per heavy atom. The van der Waals surface area contributed by atoms with E-state index in [2.05, 4.69) is 35.1 Å². The van der Waals surface area contributed by atoms with Crippen molar-refractivity contribution >= 4 is 27.3 Å². The van der Waals surface area contributed by atoms with E-state index in [4.69, 9.17) is 0 Å². The van der Waals surface area contributed by atoms with Gasteiger partial charge in [0.2, 0.25) is 0 Å². The lowest BCUT2D eigenvalue weighted by molar-refractivity contribution is 0.586. The second-order valence-electron chi connectivity index (χ2n) is 4.48. The van der Waals surface area contributed by atoms with Gasteiger partial charge in [-0.3, -0.25) is 0 Å². The number of halogens is 2. The van der Waals surface area contributed by atoms with E-state index in [0.29, 0.717) is 11.6 Å². The lowest BCUT2D eigenvalue weighted by Crippen LogP contribution is -2.21. The van der Waals surface area contributed by atoms with Gasteiger partial charge in [-0.2, -0.15) is 11.3 Å². The highest BCUT2D eigenvalue weighted by Crippen LogP contribution is 2.33. The zero-order valence-corrected chi connectivity index (χ0v) is 12.7. The van der Waals surface area contributed by atoms with Gasteiger partial charge in [0.15, 0.2) is 0 Å². The fourth-order valence-corrected chi connectivity index (χ4v) is 3.19. The fourth-order valence-electron chi connectivity index (χ4n) is 1.68. The van der Waals surface area contributed by atoms with Gasteiger partial charge in [-0.05, 0) is 39.0 Å². The van der Waals surface area contributed by atoms with E-state index in [1.165, 1.54) is 6.07 Å². The molecule has 1 N–H and O–H groups in total. The summed E-state index contributed by atoms with van der Waals surface area (Å²) in [6, 6.07) is 5.70. The normalized spacial score (nSPS) is 11.2. The summed E-state index contributed by atoms with van der Waals surface area (Å²) in [5.41, 5.74) is 2.67. The molecule has 2 aromatic rings. The minimum Gasteiger partial charge on any atom is -0.310 e. The Balaban J connectivity index is 2.30. The summed E-state index contributed by atoms with van der Waals surface area (Å²) in [4.78, 5) is 0. The summed E-state index contributed by atoms with van der Waals surface area (Å²) in [5.74, 6) is -0.178. The minimum atomic E-state index is -0.178. The van der Waals surface area contributed by atoms with Crippen LogP contribution in [0.4, 0.5) is 4.39 Å². The molecule has 0 bridgehead atoms. The van der Waals surface area contributed by atoms with E-state index in [9.17, 15) is 4.39 Å². The second kappa shape index (κ2) is 5.95. The maximum Gasteiger partial charge on any atom is 0.131 e. The Morgan fingerprint density at radius 1 is 1.28 bits per heavy atom. The molecule has 0 atom stereocenters. The summed E-state index contributed by atoms with van der Waals surface area (Å²) in [5, 5.41) is 7.26. The van der Waals surface area contributed by atoms with Gasteiger partial charge < -0.3 is 5.32 Å². The van der Waals surface area contributed by atoms with E-state index >= 15 is 0 Å². The number of hydrogen-bond acceptors (Lipinski definition) is 2. The second-order valence-corrected chi connectivity index (χ2v) is 6.08. The van der Waals surface area contributed by atoms with Crippen LogP contribution in [0.5, 0.6) is 0 Å².